The van der Waals surface area contributed by atoms with Crippen molar-refractivity contribution in [3.8, 4) is 17.1 Å². The van der Waals surface area contributed by atoms with Gasteiger partial charge in [0.15, 0.2) is 12.0 Å². The third-order valence-corrected chi connectivity index (χ3v) is 7.31. The molecule has 0 aliphatic carbocycles. The quantitative estimate of drug-likeness (QED) is 0.481. The van der Waals surface area contributed by atoms with Crippen molar-refractivity contribution < 1.29 is 29.2 Å². The summed E-state index contributed by atoms with van der Waals surface area (Å²) >= 11 is 6.59. The van der Waals surface area contributed by atoms with E-state index in [1.165, 1.54) is 5.57 Å². The van der Waals surface area contributed by atoms with Crippen molar-refractivity contribution in [3.05, 3.63) is 53.1 Å². The van der Waals surface area contributed by atoms with Gasteiger partial charge in [-0.3, -0.25) is 4.79 Å². The number of aromatic amines is 1. The highest BCUT2D eigenvalue weighted by atomic mass is 35.5. The third-order valence-electron chi connectivity index (χ3n) is 7.02. The molecule has 36 heavy (non-hydrogen) atoms. The first-order valence-corrected chi connectivity index (χ1v) is 12.3. The Bertz CT molecular complexity index is 1320. The smallest absolute Gasteiger partial charge is 0.248 e. The predicted molar refractivity (Wildman–Crippen MR) is 133 cm³/mol. The lowest BCUT2D eigenvalue weighted by molar-refractivity contribution is -0.133. The zero-order valence-electron chi connectivity index (χ0n) is 19.4. The number of carbonyl (C=O) groups is 1. The molecule has 2 fully saturated rings. The van der Waals surface area contributed by atoms with Crippen LogP contribution in [0.3, 0.4) is 0 Å². The summed E-state index contributed by atoms with van der Waals surface area (Å²) in [5.41, 5.74) is 5.30. The number of rotatable bonds is 5. The van der Waals surface area contributed by atoms with E-state index < -0.39 is 12.7 Å². The van der Waals surface area contributed by atoms with E-state index in [4.69, 9.17) is 35.9 Å². The molecular weight excluding hydrogens is 486 g/mol. The van der Waals surface area contributed by atoms with Crippen molar-refractivity contribution in [2.45, 2.75) is 30.8 Å². The summed E-state index contributed by atoms with van der Waals surface area (Å²) in [6.07, 6.45) is 1.17. The number of carbonyl (C=O) groups excluding carboxylic acids is 1. The molecule has 0 radical (unpaired) electrons. The maximum absolute atomic E-state index is 11.7. The normalized spacial score (nSPS) is 25.8. The minimum atomic E-state index is -0.625. The molecule has 2 saturated heterocycles. The molecule has 1 aromatic carbocycles. The van der Waals surface area contributed by atoms with E-state index in [2.05, 4.69) is 4.98 Å². The number of hydrogen-bond donors (Lipinski definition) is 3. The molecule has 2 aromatic heterocycles. The number of H-pyrrole nitrogens is 1. The number of aliphatic hydroxyl groups excluding tert-OH is 2. The fourth-order valence-corrected chi connectivity index (χ4v) is 5.34. The largest absolute Gasteiger partial charge is 0.470 e. The van der Waals surface area contributed by atoms with Crippen LogP contribution in [-0.2, 0) is 14.3 Å². The van der Waals surface area contributed by atoms with E-state index in [1.807, 2.05) is 42.5 Å². The predicted octanol–water partition coefficient (Wildman–Crippen LogP) is 2.40. The van der Waals surface area contributed by atoms with Gasteiger partial charge < -0.3 is 34.3 Å². The van der Waals surface area contributed by atoms with Gasteiger partial charge in [0.1, 0.15) is 24.9 Å². The number of halogens is 1. The van der Waals surface area contributed by atoms with Crippen LogP contribution in [0.15, 0.2) is 42.5 Å². The Kier molecular flexibility index (Phi) is 6.18. The zero-order valence-corrected chi connectivity index (χ0v) is 20.1. The number of hydrogen-bond acceptors (Lipinski definition) is 7. The second kappa shape index (κ2) is 9.49. The second-order valence-electron chi connectivity index (χ2n) is 9.26. The van der Waals surface area contributed by atoms with Crippen LogP contribution < -0.4 is 4.74 Å². The summed E-state index contributed by atoms with van der Waals surface area (Å²) in [5.74, 6) is 0.291. The molecule has 1 amide bonds. The molecule has 0 bridgehead atoms. The molecule has 188 valence electrons. The van der Waals surface area contributed by atoms with Crippen molar-refractivity contribution in [1.82, 2.24) is 14.9 Å². The van der Waals surface area contributed by atoms with E-state index in [0.29, 0.717) is 36.3 Å². The summed E-state index contributed by atoms with van der Waals surface area (Å²) in [7, 11) is 0. The molecule has 10 heteroatoms. The van der Waals surface area contributed by atoms with Crippen LogP contribution in [0.2, 0.25) is 5.02 Å². The molecule has 0 spiro atoms. The molecular formula is C26H26ClN3O6. The molecule has 6 rings (SSSR count). The average Bonchev–Trinajstić information content (AvgIpc) is 3.60. The van der Waals surface area contributed by atoms with E-state index in [-0.39, 0.29) is 30.8 Å². The Morgan fingerprint density at radius 1 is 1.17 bits per heavy atom. The van der Waals surface area contributed by atoms with E-state index in [1.54, 1.807) is 4.90 Å². The monoisotopic (exact) mass is 511 g/mol. The number of aliphatic hydroxyl groups is 2. The van der Waals surface area contributed by atoms with E-state index >= 15 is 0 Å². The standard InChI is InChI=1S/C26H26ClN3O6/c27-17-9-18-19(10-22(28-18)36-21-13-35-25-20(32)12-34-26(21)25)29-24(17)16-3-1-14(2-4-16)15-5-7-30(8-6-15)23(33)11-31/h1-5,9-10,20-21,25-26,28,31-32H,6-8,11-13H2/t20-,21-,25-,26-/m1/s1. The van der Waals surface area contributed by atoms with Crippen molar-refractivity contribution in [2.24, 2.45) is 0 Å². The molecule has 3 aliphatic rings. The van der Waals surface area contributed by atoms with Crippen LogP contribution >= 0.6 is 11.6 Å². The summed E-state index contributed by atoms with van der Waals surface area (Å²) in [6.45, 7) is 1.23. The number of benzene rings is 1. The highest BCUT2D eigenvalue weighted by Gasteiger charge is 2.48. The first kappa shape index (κ1) is 23.4. The Balaban J connectivity index is 1.19. The SMILES string of the molecule is O=C(CO)N1CC=C(c2ccc(-c3nc4cc(O[C@@H]5CO[C@H]6[C@@H]5OC[C@H]6O)[nH]c4cc3Cl)cc2)CC1. The van der Waals surface area contributed by atoms with Crippen LogP contribution in [0.1, 0.15) is 12.0 Å². The number of fused-ring (bicyclic) bond motifs is 2. The number of aromatic nitrogens is 2. The van der Waals surface area contributed by atoms with Gasteiger partial charge in [-0.2, -0.15) is 0 Å². The summed E-state index contributed by atoms with van der Waals surface area (Å²) < 4.78 is 17.3. The number of nitrogens with one attached hydrogen (secondary N) is 1. The molecule has 0 saturated carbocycles. The Morgan fingerprint density at radius 2 is 1.94 bits per heavy atom. The molecule has 5 heterocycles. The molecule has 3 N–H and O–H groups in total. The molecule has 3 aliphatic heterocycles. The highest BCUT2D eigenvalue weighted by molar-refractivity contribution is 6.33. The maximum atomic E-state index is 11.7. The number of amides is 1. The van der Waals surface area contributed by atoms with Crippen molar-refractivity contribution >= 4 is 34.1 Å². The molecule has 9 nitrogen and oxygen atoms in total. The van der Waals surface area contributed by atoms with Gasteiger partial charge in [0.2, 0.25) is 5.91 Å². The maximum Gasteiger partial charge on any atom is 0.248 e. The molecule has 4 atom stereocenters. The van der Waals surface area contributed by atoms with Crippen LogP contribution in [0, 0.1) is 0 Å². The van der Waals surface area contributed by atoms with Gasteiger partial charge in [0, 0.05) is 24.7 Å². The minimum absolute atomic E-state index is 0.249. The van der Waals surface area contributed by atoms with Gasteiger partial charge in [-0.15, -0.1) is 0 Å². The van der Waals surface area contributed by atoms with Crippen molar-refractivity contribution in [2.75, 3.05) is 32.9 Å². The average molecular weight is 512 g/mol. The van der Waals surface area contributed by atoms with Crippen LogP contribution in [0.4, 0.5) is 0 Å². The fourth-order valence-electron chi connectivity index (χ4n) is 5.08. The number of ether oxygens (including phenoxy) is 3. The fraction of sp³-hybridized carbons (Fsp3) is 0.385. The summed E-state index contributed by atoms with van der Waals surface area (Å²) in [6, 6.07) is 11.7. The Morgan fingerprint density at radius 3 is 2.69 bits per heavy atom. The van der Waals surface area contributed by atoms with Crippen LogP contribution in [0.5, 0.6) is 5.88 Å². The Labute approximate surface area is 212 Å². The third kappa shape index (κ3) is 4.27. The van der Waals surface area contributed by atoms with Crippen LogP contribution in [-0.4, -0.2) is 88.3 Å². The van der Waals surface area contributed by atoms with Gasteiger partial charge in [-0.1, -0.05) is 41.9 Å². The minimum Gasteiger partial charge on any atom is -0.470 e. The van der Waals surface area contributed by atoms with Crippen molar-refractivity contribution in [1.29, 1.82) is 0 Å². The lowest BCUT2D eigenvalue weighted by Crippen LogP contribution is -2.36. The van der Waals surface area contributed by atoms with E-state index in [0.717, 1.165) is 28.6 Å². The van der Waals surface area contributed by atoms with Crippen LogP contribution in [0.25, 0.3) is 27.9 Å². The van der Waals surface area contributed by atoms with Gasteiger partial charge in [-0.25, -0.2) is 4.98 Å². The number of pyridine rings is 1. The topological polar surface area (TPSA) is 117 Å². The summed E-state index contributed by atoms with van der Waals surface area (Å²) in [5, 5.41) is 19.5. The lowest BCUT2D eigenvalue weighted by atomic mass is 9.97. The van der Waals surface area contributed by atoms with Gasteiger partial charge in [0.25, 0.3) is 0 Å². The first-order valence-electron chi connectivity index (χ1n) is 12.0. The summed E-state index contributed by atoms with van der Waals surface area (Å²) in [4.78, 5) is 21.3. The van der Waals surface area contributed by atoms with Gasteiger partial charge in [-0.05, 0) is 23.6 Å². The highest BCUT2D eigenvalue weighted by Crippen LogP contribution is 2.34. The molecule has 3 aromatic rings. The van der Waals surface area contributed by atoms with Gasteiger partial charge >= 0.3 is 0 Å². The Hall–Kier alpha value is -2.95. The zero-order chi connectivity index (χ0) is 24.8. The number of nitrogens with zero attached hydrogens (tertiary/aromatic N) is 2. The second-order valence-corrected chi connectivity index (χ2v) is 9.67. The lowest BCUT2D eigenvalue weighted by Gasteiger charge is -2.26. The first-order chi connectivity index (χ1) is 17.5. The van der Waals surface area contributed by atoms with E-state index in [9.17, 15) is 9.90 Å². The van der Waals surface area contributed by atoms with Gasteiger partial charge in [0.05, 0.1) is 35.0 Å². The molecule has 0 unspecified atom stereocenters. The van der Waals surface area contributed by atoms with Crippen molar-refractivity contribution in [3.63, 3.8) is 0 Å².